The number of benzene rings is 2. The molecular weight excluding hydrogens is 284 g/mol. The normalized spacial score (nSPS) is 17.0. The van der Waals surface area contributed by atoms with Crippen LogP contribution in [0.4, 0.5) is 0 Å². The van der Waals surface area contributed by atoms with Crippen LogP contribution in [-0.4, -0.2) is 18.5 Å². The van der Waals surface area contributed by atoms with Crippen molar-refractivity contribution >= 4 is 16.7 Å². The van der Waals surface area contributed by atoms with Gasteiger partial charge in [-0.3, -0.25) is 4.79 Å². The SMILES string of the molecule is CC[C@H](C)[C@H](N)CNC(=O)c1[c]ccc2cc(C3CC3)ccc12. The van der Waals surface area contributed by atoms with Gasteiger partial charge in [0.25, 0.3) is 5.91 Å². The minimum absolute atomic E-state index is 0.0135. The van der Waals surface area contributed by atoms with Crippen LogP contribution in [0.1, 0.15) is 54.9 Å². The summed E-state index contributed by atoms with van der Waals surface area (Å²) in [5.74, 6) is 1.02. The van der Waals surface area contributed by atoms with Crippen LogP contribution >= 0.6 is 0 Å². The lowest BCUT2D eigenvalue weighted by Gasteiger charge is -2.19. The van der Waals surface area contributed by atoms with E-state index in [1.807, 2.05) is 12.1 Å². The number of hydrogen-bond donors (Lipinski definition) is 2. The van der Waals surface area contributed by atoms with Crippen molar-refractivity contribution in [2.75, 3.05) is 6.54 Å². The standard InChI is InChI=1S/C20H25N2O/c1-3-13(2)19(21)12-22-20(23)18-6-4-5-16-11-15(14-7-8-14)9-10-17(16)18/h4-5,9-11,13-14,19H,3,7-8,12,21H2,1-2H3,(H,22,23)/t13-,19+/m0/s1. The summed E-state index contributed by atoms with van der Waals surface area (Å²) in [5.41, 5.74) is 8.10. The molecule has 0 saturated heterocycles. The van der Waals surface area contributed by atoms with E-state index in [2.05, 4.69) is 43.4 Å². The Bertz CT molecular complexity index is 706. The molecule has 1 amide bonds. The molecule has 2 atom stereocenters. The highest BCUT2D eigenvalue weighted by molar-refractivity contribution is 6.06. The first-order valence-corrected chi connectivity index (χ1v) is 8.58. The van der Waals surface area contributed by atoms with Gasteiger partial charge in [-0.25, -0.2) is 0 Å². The smallest absolute Gasteiger partial charge is 0.252 e. The number of carbonyl (C=O) groups excluding carboxylic acids is 1. The molecule has 2 aromatic carbocycles. The summed E-state index contributed by atoms with van der Waals surface area (Å²) in [6.45, 7) is 4.72. The third-order valence-corrected chi connectivity index (χ3v) is 4.98. The fourth-order valence-corrected chi connectivity index (χ4v) is 2.90. The summed E-state index contributed by atoms with van der Waals surface area (Å²) in [5, 5.41) is 5.04. The first-order chi connectivity index (χ1) is 11.1. The lowest BCUT2D eigenvalue weighted by Crippen LogP contribution is -2.41. The van der Waals surface area contributed by atoms with Gasteiger partial charge in [0.15, 0.2) is 0 Å². The van der Waals surface area contributed by atoms with Crippen molar-refractivity contribution in [2.24, 2.45) is 11.7 Å². The highest BCUT2D eigenvalue weighted by Crippen LogP contribution is 2.41. The van der Waals surface area contributed by atoms with Gasteiger partial charge >= 0.3 is 0 Å². The second-order valence-electron chi connectivity index (χ2n) is 6.73. The molecule has 0 aliphatic heterocycles. The van der Waals surface area contributed by atoms with Gasteiger partial charge in [-0.1, -0.05) is 50.6 Å². The highest BCUT2D eigenvalue weighted by Gasteiger charge is 2.23. The summed E-state index contributed by atoms with van der Waals surface area (Å²) >= 11 is 0. The van der Waals surface area contributed by atoms with Crippen molar-refractivity contribution in [3.8, 4) is 0 Å². The minimum Gasteiger partial charge on any atom is -0.350 e. The van der Waals surface area contributed by atoms with Crippen molar-refractivity contribution in [3.63, 3.8) is 0 Å². The molecule has 3 nitrogen and oxygen atoms in total. The topological polar surface area (TPSA) is 55.1 Å². The fourth-order valence-electron chi connectivity index (χ4n) is 2.90. The lowest BCUT2D eigenvalue weighted by molar-refractivity contribution is 0.0950. The predicted octanol–water partition coefficient (Wildman–Crippen LogP) is 3.62. The Labute approximate surface area is 138 Å². The largest absolute Gasteiger partial charge is 0.350 e. The van der Waals surface area contributed by atoms with Crippen LogP contribution in [0.15, 0.2) is 30.3 Å². The van der Waals surface area contributed by atoms with Crippen LogP contribution in [0.5, 0.6) is 0 Å². The number of nitrogens with one attached hydrogen (secondary N) is 1. The zero-order valence-electron chi connectivity index (χ0n) is 13.9. The maximum atomic E-state index is 12.5. The van der Waals surface area contributed by atoms with Gasteiger partial charge in [-0.15, -0.1) is 0 Å². The van der Waals surface area contributed by atoms with Crippen LogP contribution in [0, 0.1) is 12.0 Å². The van der Waals surface area contributed by atoms with E-state index in [1.165, 1.54) is 18.4 Å². The van der Waals surface area contributed by atoms with Gasteiger partial charge in [0.2, 0.25) is 0 Å². The fraction of sp³-hybridized carbons (Fsp3) is 0.450. The molecule has 1 aliphatic carbocycles. The lowest BCUT2D eigenvalue weighted by atomic mass is 9.98. The third kappa shape index (κ3) is 3.56. The average molecular weight is 309 g/mol. The Morgan fingerprint density at radius 3 is 2.87 bits per heavy atom. The average Bonchev–Trinajstić information content (AvgIpc) is 3.42. The molecule has 0 aromatic heterocycles. The summed E-state index contributed by atoms with van der Waals surface area (Å²) in [7, 11) is 0. The molecule has 0 spiro atoms. The number of amides is 1. The summed E-state index contributed by atoms with van der Waals surface area (Å²) in [4.78, 5) is 12.5. The zero-order chi connectivity index (χ0) is 16.4. The number of carbonyl (C=O) groups is 1. The maximum Gasteiger partial charge on any atom is 0.252 e. The van der Waals surface area contributed by atoms with Gasteiger partial charge in [0.05, 0.1) is 5.56 Å². The molecular formula is C20H25N2O. The second kappa shape index (κ2) is 6.71. The Balaban J connectivity index is 1.77. The molecule has 3 heteroatoms. The van der Waals surface area contributed by atoms with Crippen molar-refractivity contribution < 1.29 is 4.79 Å². The van der Waals surface area contributed by atoms with Crippen molar-refractivity contribution in [1.29, 1.82) is 0 Å². The van der Waals surface area contributed by atoms with Crippen molar-refractivity contribution in [2.45, 2.75) is 45.1 Å². The van der Waals surface area contributed by atoms with E-state index in [0.29, 0.717) is 18.0 Å². The number of hydrogen-bond acceptors (Lipinski definition) is 2. The van der Waals surface area contributed by atoms with Gasteiger partial charge in [0.1, 0.15) is 0 Å². The van der Waals surface area contributed by atoms with Crippen LogP contribution in [0.25, 0.3) is 10.8 Å². The van der Waals surface area contributed by atoms with E-state index >= 15 is 0 Å². The molecule has 121 valence electrons. The predicted molar refractivity (Wildman–Crippen MR) is 94.5 cm³/mol. The number of nitrogens with two attached hydrogens (primary N) is 1. The van der Waals surface area contributed by atoms with Crippen LogP contribution in [0.2, 0.25) is 0 Å². The zero-order valence-corrected chi connectivity index (χ0v) is 13.9. The third-order valence-electron chi connectivity index (χ3n) is 4.98. The molecule has 0 bridgehead atoms. The Kier molecular flexibility index (Phi) is 4.67. The first-order valence-electron chi connectivity index (χ1n) is 8.58. The van der Waals surface area contributed by atoms with E-state index in [-0.39, 0.29) is 11.9 Å². The molecule has 1 fully saturated rings. The molecule has 1 saturated carbocycles. The first kappa shape index (κ1) is 16.0. The number of fused-ring (bicyclic) bond motifs is 1. The molecule has 0 unspecified atom stereocenters. The Morgan fingerprint density at radius 2 is 2.17 bits per heavy atom. The van der Waals surface area contributed by atoms with Crippen molar-refractivity contribution in [3.05, 3.63) is 47.5 Å². The molecule has 23 heavy (non-hydrogen) atoms. The van der Waals surface area contributed by atoms with E-state index in [1.54, 1.807) is 0 Å². The molecule has 3 N–H and O–H groups in total. The van der Waals surface area contributed by atoms with E-state index in [4.69, 9.17) is 5.73 Å². The highest BCUT2D eigenvalue weighted by atomic mass is 16.1. The van der Waals surface area contributed by atoms with E-state index in [0.717, 1.165) is 23.1 Å². The Hall–Kier alpha value is -1.87. The molecule has 3 rings (SSSR count). The van der Waals surface area contributed by atoms with Crippen LogP contribution < -0.4 is 11.1 Å². The molecule has 0 heterocycles. The van der Waals surface area contributed by atoms with Crippen LogP contribution in [-0.2, 0) is 0 Å². The van der Waals surface area contributed by atoms with E-state index < -0.39 is 0 Å². The Morgan fingerprint density at radius 1 is 1.39 bits per heavy atom. The second-order valence-corrected chi connectivity index (χ2v) is 6.73. The summed E-state index contributed by atoms with van der Waals surface area (Å²) in [6, 6.07) is 13.4. The molecule has 1 aliphatic rings. The van der Waals surface area contributed by atoms with Gasteiger partial charge in [-0.05, 0) is 47.1 Å². The minimum atomic E-state index is -0.0893. The monoisotopic (exact) mass is 309 g/mol. The van der Waals surface area contributed by atoms with E-state index in [9.17, 15) is 4.79 Å². The van der Waals surface area contributed by atoms with Crippen molar-refractivity contribution in [1.82, 2.24) is 5.32 Å². The maximum absolute atomic E-state index is 12.5. The molecule has 1 radical (unpaired) electrons. The summed E-state index contributed by atoms with van der Waals surface area (Å²) < 4.78 is 0. The quantitative estimate of drug-likeness (QED) is 0.856. The molecule has 2 aromatic rings. The number of rotatable bonds is 6. The van der Waals surface area contributed by atoms with Gasteiger partial charge < -0.3 is 11.1 Å². The van der Waals surface area contributed by atoms with Crippen LogP contribution in [0.3, 0.4) is 0 Å². The summed E-state index contributed by atoms with van der Waals surface area (Å²) in [6.07, 6.45) is 3.58. The van der Waals surface area contributed by atoms with Gasteiger partial charge in [0, 0.05) is 12.6 Å². The van der Waals surface area contributed by atoms with Gasteiger partial charge in [-0.2, -0.15) is 0 Å².